The zero-order valence-electron chi connectivity index (χ0n) is 22.9. The van der Waals surface area contributed by atoms with Gasteiger partial charge in [0, 0.05) is 41.3 Å². The lowest BCUT2D eigenvalue weighted by Gasteiger charge is -2.23. The molecule has 0 spiro atoms. The molecule has 37 heavy (non-hydrogen) atoms. The van der Waals surface area contributed by atoms with Gasteiger partial charge in [0.15, 0.2) is 0 Å². The molecule has 1 unspecified atom stereocenters. The van der Waals surface area contributed by atoms with Gasteiger partial charge in [-0.15, -0.1) is 0 Å². The molecule has 1 aliphatic rings. The largest absolute Gasteiger partial charge is 0.477 e. The second kappa shape index (κ2) is 11.9. The minimum atomic E-state index is 0.0248. The van der Waals surface area contributed by atoms with E-state index in [-0.39, 0.29) is 17.1 Å². The van der Waals surface area contributed by atoms with Crippen LogP contribution >= 0.6 is 15.9 Å². The van der Waals surface area contributed by atoms with Gasteiger partial charge in [0.2, 0.25) is 5.88 Å². The highest BCUT2D eigenvalue weighted by molar-refractivity contribution is 9.10. The lowest BCUT2D eigenvalue weighted by molar-refractivity contribution is -0.117. The van der Waals surface area contributed by atoms with E-state index in [1.807, 2.05) is 10.7 Å². The highest BCUT2D eigenvalue weighted by atomic mass is 79.9. The van der Waals surface area contributed by atoms with E-state index in [9.17, 15) is 4.79 Å². The molecule has 0 saturated heterocycles. The Hall–Kier alpha value is -2.47. The van der Waals surface area contributed by atoms with Crippen molar-refractivity contribution in [1.29, 1.82) is 0 Å². The first-order chi connectivity index (χ1) is 17.6. The van der Waals surface area contributed by atoms with Gasteiger partial charge >= 0.3 is 0 Å². The number of Topliss-reactive ketones (excluding diaryl/α,β-unsaturated/α-hetero) is 1. The third-order valence-electron chi connectivity index (χ3n) is 7.18. The zero-order chi connectivity index (χ0) is 26.6. The van der Waals surface area contributed by atoms with Gasteiger partial charge in [0.05, 0.1) is 12.3 Å². The normalized spacial score (nSPS) is 14.3. The second-order valence-corrected chi connectivity index (χ2v) is 12.2. The predicted octanol–water partition coefficient (Wildman–Crippen LogP) is 7.16. The second-order valence-electron chi connectivity index (χ2n) is 11.3. The van der Waals surface area contributed by atoms with Crippen LogP contribution in [0.25, 0.3) is 0 Å². The van der Waals surface area contributed by atoms with Gasteiger partial charge in [-0.1, -0.05) is 48.8 Å². The van der Waals surface area contributed by atoms with E-state index >= 15 is 0 Å². The molecule has 5 nitrogen and oxygen atoms in total. The highest BCUT2D eigenvalue weighted by Crippen LogP contribution is 2.33. The van der Waals surface area contributed by atoms with Crippen LogP contribution in [0.4, 0.5) is 0 Å². The highest BCUT2D eigenvalue weighted by Gasteiger charge is 2.22. The number of hydrogen-bond acceptors (Lipinski definition) is 4. The SMILES string of the molecule is CCn1nc(CC(CC(C)=O)c2cc(Br)cc(C(C)(C)C)c2)cc1OCCc1ccc2c(n1)CCCC2. The number of carbonyl (C=O) groups is 1. The van der Waals surface area contributed by atoms with Crippen LogP contribution in [0, 0.1) is 0 Å². The van der Waals surface area contributed by atoms with E-state index in [1.54, 1.807) is 6.92 Å². The summed E-state index contributed by atoms with van der Waals surface area (Å²) in [6, 6.07) is 13.0. The molecule has 6 heteroatoms. The number of carbonyl (C=O) groups excluding carboxylic acids is 1. The summed E-state index contributed by atoms with van der Waals surface area (Å²) in [5.74, 6) is 1.02. The minimum Gasteiger partial charge on any atom is -0.477 e. The molecule has 2 heterocycles. The van der Waals surface area contributed by atoms with Crippen LogP contribution in [0.3, 0.4) is 0 Å². The number of rotatable bonds is 10. The Morgan fingerprint density at radius 3 is 2.62 bits per heavy atom. The van der Waals surface area contributed by atoms with E-state index in [2.05, 4.69) is 74.0 Å². The van der Waals surface area contributed by atoms with Crippen LogP contribution in [0.1, 0.15) is 93.6 Å². The molecule has 3 aromatic rings. The summed E-state index contributed by atoms with van der Waals surface area (Å²) in [6.07, 6.45) is 6.70. The maximum absolute atomic E-state index is 12.2. The molecular weight excluding hydrogens is 526 g/mol. The Bertz CT molecular complexity index is 1240. The number of pyridine rings is 1. The van der Waals surface area contributed by atoms with Crippen molar-refractivity contribution in [2.75, 3.05) is 6.61 Å². The van der Waals surface area contributed by atoms with Crippen LogP contribution in [-0.2, 0) is 42.4 Å². The standard InChI is InChI=1S/C31H40BrN3O2/c1-6-35-30(37-14-13-27-12-11-22-9-7-8-10-29(22)33-27)20-28(34-35)18-23(15-21(2)36)24-16-25(31(3,4)5)19-26(32)17-24/h11-12,16-17,19-20,23H,6-10,13-15,18H2,1-5H3. The van der Waals surface area contributed by atoms with Crippen LogP contribution in [0.15, 0.2) is 40.9 Å². The summed E-state index contributed by atoms with van der Waals surface area (Å²) in [5, 5.41) is 4.83. The molecule has 0 N–H and O–H groups in total. The quantitative estimate of drug-likeness (QED) is 0.261. The molecule has 198 valence electrons. The van der Waals surface area contributed by atoms with Crippen molar-refractivity contribution in [3.05, 3.63) is 74.6 Å². The predicted molar refractivity (Wildman–Crippen MR) is 153 cm³/mol. The fourth-order valence-electron chi connectivity index (χ4n) is 5.11. The van der Waals surface area contributed by atoms with Crippen molar-refractivity contribution in [3.63, 3.8) is 0 Å². The monoisotopic (exact) mass is 565 g/mol. The lowest BCUT2D eigenvalue weighted by atomic mass is 9.82. The number of hydrogen-bond donors (Lipinski definition) is 0. The molecule has 0 bridgehead atoms. The summed E-state index contributed by atoms with van der Waals surface area (Å²) in [4.78, 5) is 17.1. The molecule has 0 fully saturated rings. The Labute approximate surface area is 230 Å². The Morgan fingerprint density at radius 1 is 1.11 bits per heavy atom. The molecule has 0 amide bonds. The number of ether oxygens (including phenoxy) is 1. The summed E-state index contributed by atoms with van der Waals surface area (Å²) in [5.41, 5.74) is 7.16. The lowest BCUT2D eigenvalue weighted by Crippen LogP contribution is -2.14. The number of aryl methyl sites for hydroxylation is 3. The Kier molecular flexibility index (Phi) is 8.89. The fraction of sp³-hybridized carbons (Fsp3) is 0.516. The molecule has 2 aromatic heterocycles. The van der Waals surface area contributed by atoms with Crippen LogP contribution in [-0.4, -0.2) is 27.2 Å². The molecule has 1 atom stereocenters. The van der Waals surface area contributed by atoms with E-state index in [0.717, 1.165) is 47.5 Å². The van der Waals surface area contributed by atoms with Gasteiger partial charge in [-0.05, 0) is 92.2 Å². The first kappa shape index (κ1) is 27.6. The third kappa shape index (κ3) is 7.31. The summed E-state index contributed by atoms with van der Waals surface area (Å²) < 4.78 is 9.16. The van der Waals surface area contributed by atoms with E-state index in [0.29, 0.717) is 19.4 Å². The smallest absolute Gasteiger partial charge is 0.211 e. The first-order valence-electron chi connectivity index (χ1n) is 13.6. The van der Waals surface area contributed by atoms with Crippen molar-refractivity contribution in [1.82, 2.24) is 14.8 Å². The molecule has 0 saturated carbocycles. The van der Waals surface area contributed by atoms with Crippen molar-refractivity contribution >= 4 is 21.7 Å². The average Bonchev–Trinajstić information content (AvgIpc) is 3.24. The molecule has 0 aliphatic heterocycles. The number of benzene rings is 1. The van der Waals surface area contributed by atoms with Crippen molar-refractivity contribution in [3.8, 4) is 5.88 Å². The maximum Gasteiger partial charge on any atom is 0.211 e. The number of aromatic nitrogens is 3. The van der Waals surface area contributed by atoms with Crippen LogP contribution < -0.4 is 4.74 Å². The number of halogens is 1. The summed E-state index contributed by atoms with van der Waals surface area (Å²) >= 11 is 3.69. The Balaban J connectivity index is 1.48. The van der Waals surface area contributed by atoms with Gasteiger partial charge in [0.1, 0.15) is 5.78 Å². The van der Waals surface area contributed by atoms with E-state index in [4.69, 9.17) is 14.8 Å². The van der Waals surface area contributed by atoms with Gasteiger partial charge in [0.25, 0.3) is 0 Å². The molecule has 1 aromatic carbocycles. The topological polar surface area (TPSA) is 57.0 Å². The van der Waals surface area contributed by atoms with Crippen molar-refractivity contribution < 1.29 is 9.53 Å². The van der Waals surface area contributed by atoms with Gasteiger partial charge < -0.3 is 9.53 Å². The molecule has 4 rings (SSSR count). The number of fused-ring (bicyclic) bond motifs is 1. The van der Waals surface area contributed by atoms with E-state index in [1.165, 1.54) is 35.2 Å². The summed E-state index contributed by atoms with van der Waals surface area (Å²) in [7, 11) is 0. The maximum atomic E-state index is 12.2. The molecular formula is C31H40BrN3O2. The number of ketones is 1. The number of nitrogens with zero attached hydrogens (tertiary/aromatic N) is 3. The Morgan fingerprint density at radius 2 is 1.89 bits per heavy atom. The molecule has 0 radical (unpaired) electrons. The van der Waals surface area contributed by atoms with Crippen LogP contribution in [0.5, 0.6) is 5.88 Å². The van der Waals surface area contributed by atoms with Crippen molar-refractivity contribution in [2.45, 2.75) is 97.4 Å². The van der Waals surface area contributed by atoms with Crippen LogP contribution in [0.2, 0.25) is 0 Å². The molecule has 1 aliphatic carbocycles. The third-order valence-corrected chi connectivity index (χ3v) is 7.64. The van der Waals surface area contributed by atoms with Gasteiger partial charge in [-0.25, -0.2) is 4.68 Å². The van der Waals surface area contributed by atoms with Gasteiger partial charge in [-0.3, -0.25) is 4.98 Å². The van der Waals surface area contributed by atoms with Crippen molar-refractivity contribution in [2.24, 2.45) is 0 Å². The summed E-state index contributed by atoms with van der Waals surface area (Å²) in [6.45, 7) is 11.7. The van der Waals surface area contributed by atoms with Gasteiger partial charge in [-0.2, -0.15) is 5.10 Å². The first-order valence-corrected chi connectivity index (χ1v) is 14.4. The average molecular weight is 567 g/mol. The minimum absolute atomic E-state index is 0.0248. The zero-order valence-corrected chi connectivity index (χ0v) is 24.5. The fourth-order valence-corrected chi connectivity index (χ4v) is 5.62. The van der Waals surface area contributed by atoms with E-state index < -0.39 is 0 Å².